The van der Waals surface area contributed by atoms with E-state index >= 15 is 0 Å². The molecule has 0 aromatic heterocycles. The molecule has 20 heavy (non-hydrogen) atoms. The van der Waals surface area contributed by atoms with Gasteiger partial charge >= 0.3 is 11.7 Å². The molecule has 1 rings (SSSR count). The first-order chi connectivity index (χ1) is 9.38. The van der Waals surface area contributed by atoms with Crippen LogP contribution in [0, 0.1) is 20.2 Å². The van der Waals surface area contributed by atoms with Crippen molar-refractivity contribution in [2.45, 2.75) is 19.8 Å². The molecule has 0 unspecified atom stereocenters. The van der Waals surface area contributed by atoms with Crippen molar-refractivity contribution >= 4 is 17.3 Å². The van der Waals surface area contributed by atoms with Gasteiger partial charge in [0.1, 0.15) is 5.56 Å². The molecule has 108 valence electrons. The first-order valence-corrected chi connectivity index (χ1v) is 5.71. The van der Waals surface area contributed by atoms with E-state index in [0.29, 0.717) is 12.5 Å². The molecule has 9 nitrogen and oxygen atoms in total. The number of phenolic OH excluding ortho intramolecular Hbond substituents is 1. The molecule has 0 heterocycles. The number of aromatic hydroxyl groups is 1. The van der Waals surface area contributed by atoms with Crippen molar-refractivity contribution in [3.63, 3.8) is 0 Å². The lowest BCUT2D eigenvalue weighted by Crippen LogP contribution is -2.08. The second-order valence-electron chi connectivity index (χ2n) is 3.86. The number of nitro benzene ring substituents is 2. The number of carbonyl (C=O) groups excluding carboxylic acids is 1. The molecular formula is C11H12N2O7. The molecule has 0 aliphatic carbocycles. The Kier molecular flexibility index (Phi) is 4.95. The number of hydrogen-bond acceptors (Lipinski definition) is 7. The van der Waals surface area contributed by atoms with E-state index in [0.717, 1.165) is 12.5 Å². The van der Waals surface area contributed by atoms with Gasteiger partial charge in [-0.3, -0.25) is 20.2 Å². The third kappa shape index (κ3) is 3.40. The summed E-state index contributed by atoms with van der Waals surface area (Å²) < 4.78 is 4.77. The van der Waals surface area contributed by atoms with E-state index in [2.05, 4.69) is 0 Å². The van der Waals surface area contributed by atoms with Gasteiger partial charge in [0.25, 0.3) is 5.69 Å². The molecular weight excluding hydrogens is 272 g/mol. The Morgan fingerprint density at radius 2 is 1.95 bits per heavy atom. The largest absolute Gasteiger partial charge is 0.501 e. The second-order valence-corrected chi connectivity index (χ2v) is 3.86. The lowest BCUT2D eigenvalue weighted by molar-refractivity contribution is -0.394. The van der Waals surface area contributed by atoms with Crippen molar-refractivity contribution in [2.75, 3.05) is 6.61 Å². The van der Waals surface area contributed by atoms with Crippen LogP contribution in [0.25, 0.3) is 0 Å². The summed E-state index contributed by atoms with van der Waals surface area (Å²) in [6, 6.07) is 1.33. The summed E-state index contributed by atoms with van der Waals surface area (Å²) in [6.45, 7) is 1.93. The molecule has 1 N–H and O–H groups in total. The van der Waals surface area contributed by atoms with Crippen LogP contribution in [0.4, 0.5) is 11.4 Å². The predicted octanol–water partition coefficient (Wildman–Crippen LogP) is 2.17. The molecule has 0 aliphatic heterocycles. The van der Waals surface area contributed by atoms with Crippen LogP contribution in [0.15, 0.2) is 12.1 Å². The molecule has 0 amide bonds. The average Bonchev–Trinajstić information content (AvgIpc) is 2.38. The van der Waals surface area contributed by atoms with E-state index in [9.17, 15) is 30.1 Å². The predicted molar refractivity (Wildman–Crippen MR) is 66.6 cm³/mol. The van der Waals surface area contributed by atoms with Gasteiger partial charge in [0.2, 0.25) is 5.75 Å². The number of ether oxygens (including phenoxy) is 1. The van der Waals surface area contributed by atoms with E-state index in [4.69, 9.17) is 4.74 Å². The Bertz CT molecular complexity index is 556. The lowest BCUT2D eigenvalue weighted by Gasteiger charge is -2.06. The van der Waals surface area contributed by atoms with Crippen LogP contribution in [-0.4, -0.2) is 27.5 Å². The quantitative estimate of drug-likeness (QED) is 0.366. The molecule has 0 atom stereocenters. The van der Waals surface area contributed by atoms with Crippen molar-refractivity contribution in [2.24, 2.45) is 0 Å². The first-order valence-electron chi connectivity index (χ1n) is 5.71. The number of nitrogens with zero attached hydrogens (tertiary/aromatic N) is 2. The Hall–Kier alpha value is -2.71. The molecule has 0 spiro atoms. The van der Waals surface area contributed by atoms with E-state index in [-0.39, 0.29) is 6.61 Å². The van der Waals surface area contributed by atoms with Crippen molar-refractivity contribution < 1.29 is 24.5 Å². The maximum Gasteiger partial charge on any atom is 0.342 e. The summed E-state index contributed by atoms with van der Waals surface area (Å²) in [6.07, 6.45) is 1.33. The summed E-state index contributed by atoms with van der Waals surface area (Å²) in [5.74, 6) is -1.98. The van der Waals surface area contributed by atoms with E-state index in [1.807, 2.05) is 6.92 Å². The molecule has 1 aromatic carbocycles. The fourth-order valence-electron chi connectivity index (χ4n) is 1.39. The van der Waals surface area contributed by atoms with Crippen molar-refractivity contribution in [3.05, 3.63) is 37.9 Å². The maximum absolute atomic E-state index is 11.7. The van der Waals surface area contributed by atoms with Crippen LogP contribution in [-0.2, 0) is 4.74 Å². The van der Waals surface area contributed by atoms with Crippen molar-refractivity contribution in [1.29, 1.82) is 0 Å². The number of phenols is 1. The van der Waals surface area contributed by atoms with Gasteiger partial charge in [-0.05, 0) is 6.42 Å². The van der Waals surface area contributed by atoms with Crippen LogP contribution in [0.5, 0.6) is 5.75 Å². The summed E-state index contributed by atoms with van der Waals surface area (Å²) in [5, 5.41) is 31.0. The third-order valence-electron chi connectivity index (χ3n) is 2.43. The molecule has 9 heteroatoms. The van der Waals surface area contributed by atoms with Crippen LogP contribution >= 0.6 is 0 Å². The number of carbonyl (C=O) groups is 1. The van der Waals surface area contributed by atoms with Gasteiger partial charge in [-0.15, -0.1) is 0 Å². The van der Waals surface area contributed by atoms with Crippen molar-refractivity contribution in [3.8, 4) is 5.75 Å². The highest BCUT2D eigenvalue weighted by molar-refractivity contribution is 5.95. The maximum atomic E-state index is 11.7. The van der Waals surface area contributed by atoms with E-state index in [1.54, 1.807) is 0 Å². The van der Waals surface area contributed by atoms with Crippen LogP contribution in [0.2, 0.25) is 0 Å². The second kappa shape index (κ2) is 6.45. The number of unbranched alkanes of at least 4 members (excludes halogenated alkanes) is 1. The molecule has 0 radical (unpaired) electrons. The van der Waals surface area contributed by atoms with Gasteiger partial charge in [0.15, 0.2) is 0 Å². The summed E-state index contributed by atoms with van der Waals surface area (Å²) in [7, 11) is 0. The number of hydrogen-bond donors (Lipinski definition) is 1. The topological polar surface area (TPSA) is 133 Å². The fourth-order valence-corrected chi connectivity index (χ4v) is 1.39. The summed E-state index contributed by atoms with van der Waals surface area (Å²) in [4.78, 5) is 31.1. The highest BCUT2D eigenvalue weighted by Gasteiger charge is 2.27. The highest BCUT2D eigenvalue weighted by atomic mass is 16.6. The SMILES string of the molecule is CCCCOC(=O)c1cc([N+](=O)[O-])cc([N+](=O)[O-])c1O. The number of nitro groups is 2. The molecule has 0 bridgehead atoms. The minimum absolute atomic E-state index is 0.0608. The van der Waals surface area contributed by atoms with Gasteiger partial charge < -0.3 is 9.84 Å². The monoisotopic (exact) mass is 284 g/mol. The minimum atomic E-state index is -1.04. The molecule has 0 aliphatic rings. The van der Waals surface area contributed by atoms with Gasteiger partial charge in [0.05, 0.1) is 22.5 Å². The number of esters is 1. The zero-order chi connectivity index (χ0) is 15.3. The highest BCUT2D eigenvalue weighted by Crippen LogP contribution is 2.34. The van der Waals surface area contributed by atoms with Gasteiger partial charge in [0, 0.05) is 6.07 Å². The van der Waals surface area contributed by atoms with Gasteiger partial charge in [-0.2, -0.15) is 0 Å². The van der Waals surface area contributed by atoms with E-state index in [1.165, 1.54) is 0 Å². The molecule has 1 aromatic rings. The lowest BCUT2D eigenvalue weighted by atomic mass is 10.1. The zero-order valence-electron chi connectivity index (χ0n) is 10.6. The Balaban J connectivity index is 3.20. The fraction of sp³-hybridized carbons (Fsp3) is 0.364. The third-order valence-corrected chi connectivity index (χ3v) is 2.43. The average molecular weight is 284 g/mol. The smallest absolute Gasteiger partial charge is 0.342 e. The standard InChI is InChI=1S/C11H12N2O7/c1-2-3-4-20-11(15)8-5-7(12(16)17)6-9(10(8)14)13(18)19/h5-6,14H,2-4H2,1H3. The number of benzene rings is 1. The normalized spacial score (nSPS) is 10.1. The number of rotatable bonds is 6. The van der Waals surface area contributed by atoms with Crippen LogP contribution < -0.4 is 0 Å². The summed E-state index contributed by atoms with van der Waals surface area (Å²) >= 11 is 0. The Morgan fingerprint density at radius 3 is 2.45 bits per heavy atom. The van der Waals surface area contributed by atoms with Gasteiger partial charge in [-0.25, -0.2) is 4.79 Å². The zero-order valence-corrected chi connectivity index (χ0v) is 10.6. The molecule has 0 saturated heterocycles. The number of non-ortho nitro benzene ring substituents is 1. The Morgan fingerprint density at radius 1 is 1.30 bits per heavy atom. The van der Waals surface area contributed by atoms with Crippen molar-refractivity contribution in [1.82, 2.24) is 0 Å². The van der Waals surface area contributed by atoms with Gasteiger partial charge in [-0.1, -0.05) is 13.3 Å². The summed E-state index contributed by atoms with van der Waals surface area (Å²) in [5.41, 5.74) is -2.18. The van der Waals surface area contributed by atoms with Crippen LogP contribution in [0.3, 0.4) is 0 Å². The van der Waals surface area contributed by atoms with Crippen LogP contribution in [0.1, 0.15) is 30.1 Å². The molecule has 0 fully saturated rings. The Labute approximate surface area is 113 Å². The van der Waals surface area contributed by atoms with E-state index < -0.39 is 38.5 Å². The molecule has 0 saturated carbocycles. The first kappa shape index (κ1) is 15.3. The minimum Gasteiger partial charge on any atom is -0.501 e.